The average molecular weight is 230 g/mol. The number of carbonyl (C=O) groups excluding carboxylic acids is 1. The fourth-order valence-electron chi connectivity index (χ4n) is 2.16. The highest BCUT2D eigenvalue weighted by Crippen LogP contribution is 2.21. The molecule has 0 spiro atoms. The maximum absolute atomic E-state index is 12.4. The van der Waals surface area contributed by atoms with Gasteiger partial charge in [-0.2, -0.15) is 0 Å². The van der Waals surface area contributed by atoms with Crippen molar-refractivity contribution in [3.05, 3.63) is 36.0 Å². The van der Waals surface area contributed by atoms with Gasteiger partial charge in [0.1, 0.15) is 0 Å². The summed E-state index contributed by atoms with van der Waals surface area (Å²) in [5.41, 5.74) is 1.83. The van der Waals surface area contributed by atoms with Gasteiger partial charge in [0.05, 0.1) is 0 Å². The summed E-state index contributed by atoms with van der Waals surface area (Å²) in [7, 11) is 1.88. The smallest absolute Gasteiger partial charge is 0.169 e. The van der Waals surface area contributed by atoms with Crippen LogP contribution in [0.15, 0.2) is 30.5 Å². The molecule has 3 heteroatoms. The van der Waals surface area contributed by atoms with Crippen molar-refractivity contribution < 1.29 is 4.79 Å². The minimum absolute atomic E-state index is 0.0548. The number of carbonyl (C=O) groups is 1. The Hall–Kier alpha value is -1.61. The first-order valence-electron chi connectivity index (χ1n) is 6.02. The fourth-order valence-corrected chi connectivity index (χ4v) is 2.16. The normalized spacial score (nSPS) is 12.8. The lowest BCUT2D eigenvalue weighted by molar-refractivity contribution is 0.0918. The molecule has 2 rings (SSSR count). The SMILES string of the molecule is CCC(CNC)C(=O)c1c[nH]c2ccccc12. The molecule has 0 aliphatic heterocycles. The Morgan fingerprint density at radius 1 is 1.41 bits per heavy atom. The molecule has 90 valence electrons. The van der Waals surface area contributed by atoms with Gasteiger partial charge in [-0.25, -0.2) is 0 Å². The van der Waals surface area contributed by atoms with Crippen LogP contribution in [0.4, 0.5) is 0 Å². The number of rotatable bonds is 5. The predicted octanol–water partition coefficient (Wildman–Crippen LogP) is 2.60. The molecule has 0 saturated heterocycles. The third-order valence-corrected chi connectivity index (χ3v) is 3.17. The number of ketones is 1. The van der Waals surface area contributed by atoms with E-state index in [9.17, 15) is 4.79 Å². The molecule has 2 N–H and O–H groups in total. The van der Waals surface area contributed by atoms with Crippen LogP contribution >= 0.6 is 0 Å². The van der Waals surface area contributed by atoms with Crippen LogP contribution in [-0.2, 0) is 0 Å². The van der Waals surface area contributed by atoms with Crippen molar-refractivity contribution >= 4 is 16.7 Å². The van der Waals surface area contributed by atoms with Gasteiger partial charge >= 0.3 is 0 Å². The molecule has 0 saturated carbocycles. The summed E-state index contributed by atoms with van der Waals surface area (Å²) >= 11 is 0. The molecular formula is C14H18N2O. The number of Topliss-reactive ketones (excluding diaryl/α,β-unsaturated/α-hetero) is 1. The minimum atomic E-state index is 0.0548. The molecule has 1 atom stereocenters. The summed E-state index contributed by atoms with van der Waals surface area (Å²) in [6.07, 6.45) is 2.69. The molecule has 0 radical (unpaired) electrons. The maximum Gasteiger partial charge on any atom is 0.169 e. The third kappa shape index (κ3) is 2.24. The second kappa shape index (κ2) is 5.15. The maximum atomic E-state index is 12.4. The van der Waals surface area contributed by atoms with Gasteiger partial charge in [-0.15, -0.1) is 0 Å². The van der Waals surface area contributed by atoms with E-state index >= 15 is 0 Å². The number of aromatic nitrogens is 1. The summed E-state index contributed by atoms with van der Waals surface area (Å²) < 4.78 is 0. The lowest BCUT2D eigenvalue weighted by Gasteiger charge is -2.12. The van der Waals surface area contributed by atoms with Crippen LogP contribution in [0, 0.1) is 5.92 Å². The Bertz CT molecular complexity index is 516. The zero-order valence-electron chi connectivity index (χ0n) is 10.3. The number of H-pyrrole nitrogens is 1. The molecule has 0 fully saturated rings. The molecule has 1 aromatic carbocycles. The molecule has 1 aromatic heterocycles. The molecule has 0 aliphatic carbocycles. The molecule has 2 aromatic rings. The Morgan fingerprint density at radius 2 is 2.18 bits per heavy atom. The van der Waals surface area contributed by atoms with Gasteiger partial charge in [0.25, 0.3) is 0 Å². The van der Waals surface area contributed by atoms with Crippen LogP contribution in [-0.4, -0.2) is 24.4 Å². The van der Waals surface area contributed by atoms with Gasteiger partial charge in [0.15, 0.2) is 5.78 Å². The Labute approximate surface area is 101 Å². The van der Waals surface area contributed by atoms with Gasteiger partial charge in [0, 0.05) is 35.1 Å². The summed E-state index contributed by atoms with van der Waals surface area (Å²) in [5, 5.41) is 4.10. The van der Waals surface area contributed by atoms with Crippen LogP contribution in [0.3, 0.4) is 0 Å². The summed E-state index contributed by atoms with van der Waals surface area (Å²) in [5.74, 6) is 0.276. The van der Waals surface area contributed by atoms with Gasteiger partial charge in [-0.05, 0) is 19.5 Å². The number of benzene rings is 1. The number of para-hydroxylation sites is 1. The van der Waals surface area contributed by atoms with E-state index in [-0.39, 0.29) is 11.7 Å². The zero-order chi connectivity index (χ0) is 12.3. The van der Waals surface area contributed by atoms with E-state index in [2.05, 4.69) is 17.2 Å². The highest BCUT2D eigenvalue weighted by molar-refractivity contribution is 6.08. The number of nitrogens with one attached hydrogen (secondary N) is 2. The highest BCUT2D eigenvalue weighted by atomic mass is 16.1. The quantitative estimate of drug-likeness (QED) is 0.775. The Kier molecular flexibility index (Phi) is 3.59. The van der Waals surface area contributed by atoms with E-state index in [1.807, 2.05) is 37.5 Å². The van der Waals surface area contributed by atoms with Crippen molar-refractivity contribution in [3.8, 4) is 0 Å². The topological polar surface area (TPSA) is 44.9 Å². The second-order valence-corrected chi connectivity index (χ2v) is 4.28. The van der Waals surface area contributed by atoms with Crippen LogP contribution in [0.5, 0.6) is 0 Å². The summed E-state index contributed by atoms with van der Waals surface area (Å²) in [4.78, 5) is 15.5. The van der Waals surface area contributed by atoms with E-state index in [1.54, 1.807) is 0 Å². The van der Waals surface area contributed by atoms with Crippen molar-refractivity contribution in [1.29, 1.82) is 0 Å². The van der Waals surface area contributed by atoms with E-state index in [0.717, 1.165) is 29.4 Å². The number of aromatic amines is 1. The van der Waals surface area contributed by atoms with E-state index in [1.165, 1.54) is 0 Å². The minimum Gasteiger partial charge on any atom is -0.360 e. The molecule has 0 amide bonds. The van der Waals surface area contributed by atoms with E-state index in [0.29, 0.717) is 0 Å². The molecule has 0 aliphatic rings. The van der Waals surface area contributed by atoms with Crippen LogP contribution < -0.4 is 5.32 Å². The Morgan fingerprint density at radius 3 is 2.88 bits per heavy atom. The standard InChI is InChI=1S/C14H18N2O/c1-3-10(8-15-2)14(17)12-9-16-13-7-5-4-6-11(12)13/h4-7,9-10,15-16H,3,8H2,1-2H3. The summed E-state index contributed by atoms with van der Waals surface area (Å²) in [6.45, 7) is 2.78. The first kappa shape index (κ1) is 11.9. The van der Waals surface area contributed by atoms with Crippen LogP contribution in [0.1, 0.15) is 23.7 Å². The van der Waals surface area contributed by atoms with Gasteiger partial charge in [-0.3, -0.25) is 4.79 Å². The molecular weight excluding hydrogens is 212 g/mol. The number of fused-ring (bicyclic) bond motifs is 1. The van der Waals surface area contributed by atoms with E-state index in [4.69, 9.17) is 0 Å². The number of hydrogen-bond donors (Lipinski definition) is 2. The van der Waals surface area contributed by atoms with Gasteiger partial charge < -0.3 is 10.3 Å². The first-order chi connectivity index (χ1) is 8.27. The average Bonchev–Trinajstić information content (AvgIpc) is 2.79. The van der Waals surface area contributed by atoms with Gasteiger partial charge in [-0.1, -0.05) is 25.1 Å². The lowest BCUT2D eigenvalue weighted by Crippen LogP contribution is -2.25. The largest absolute Gasteiger partial charge is 0.360 e. The first-order valence-corrected chi connectivity index (χ1v) is 6.02. The van der Waals surface area contributed by atoms with Gasteiger partial charge in [0.2, 0.25) is 0 Å². The predicted molar refractivity (Wildman–Crippen MR) is 70.3 cm³/mol. The third-order valence-electron chi connectivity index (χ3n) is 3.17. The van der Waals surface area contributed by atoms with Crippen molar-refractivity contribution in [1.82, 2.24) is 10.3 Å². The Balaban J connectivity index is 2.36. The second-order valence-electron chi connectivity index (χ2n) is 4.28. The fraction of sp³-hybridized carbons (Fsp3) is 0.357. The van der Waals surface area contributed by atoms with Crippen LogP contribution in [0.25, 0.3) is 10.9 Å². The number of hydrogen-bond acceptors (Lipinski definition) is 2. The van der Waals surface area contributed by atoms with Crippen LogP contribution in [0.2, 0.25) is 0 Å². The zero-order valence-corrected chi connectivity index (χ0v) is 10.3. The molecule has 3 nitrogen and oxygen atoms in total. The molecule has 1 heterocycles. The van der Waals surface area contributed by atoms with Crippen molar-refractivity contribution in [3.63, 3.8) is 0 Å². The van der Waals surface area contributed by atoms with Crippen molar-refractivity contribution in [2.75, 3.05) is 13.6 Å². The molecule has 17 heavy (non-hydrogen) atoms. The van der Waals surface area contributed by atoms with Crippen molar-refractivity contribution in [2.45, 2.75) is 13.3 Å². The monoisotopic (exact) mass is 230 g/mol. The van der Waals surface area contributed by atoms with E-state index < -0.39 is 0 Å². The highest BCUT2D eigenvalue weighted by Gasteiger charge is 2.20. The lowest BCUT2D eigenvalue weighted by atomic mass is 9.95. The summed E-state index contributed by atoms with van der Waals surface area (Å²) in [6, 6.07) is 7.92. The molecule has 1 unspecified atom stereocenters. The molecule has 0 bridgehead atoms. The van der Waals surface area contributed by atoms with Crippen molar-refractivity contribution in [2.24, 2.45) is 5.92 Å².